The van der Waals surface area contributed by atoms with E-state index >= 15 is 0 Å². The van der Waals surface area contributed by atoms with Crippen molar-refractivity contribution in [1.29, 1.82) is 0 Å². The van der Waals surface area contributed by atoms with Gasteiger partial charge in [0.2, 0.25) is 0 Å². The minimum Gasteiger partial charge on any atom is -0.292 e. The molecule has 1 fully saturated rings. The monoisotopic (exact) mass is 307 g/mol. The lowest BCUT2D eigenvalue weighted by atomic mass is 10.1. The first-order chi connectivity index (χ1) is 10.1. The fraction of sp³-hybridized carbons (Fsp3) is 0.312. The molecule has 0 saturated heterocycles. The zero-order chi connectivity index (χ0) is 14.8. The van der Waals surface area contributed by atoms with E-state index in [1.807, 2.05) is 21.7 Å². The number of nitrogens with zero attached hydrogens (tertiary/aromatic N) is 1. The Kier molecular flexibility index (Phi) is 4.12. The summed E-state index contributed by atoms with van der Waals surface area (Å²) in [5.41, 5.74) is 0.710. The van der Waals surface area contributed by atoms with Gasteiger partial charge < -0.3 is 0 Å². The van der Waals surface area contributed by atoms with E-state index in [0.717, 1.165) is 30.5 Å². The summed E-state index contributed by atoms with van der Waals surface area (Å²) in [4.78, 5) is 14.2. The number of hydrogen-bond acceptors (Lipinski definition) is 3. The zero-order valence-corrected chi connectivity index (χ0v) is 12.2. The maximum atomic E-state index is 13.7. The van der Waals surface area contributed by atoms with Crippen molar-refractivity contribution in [1.82, 2.24) is 4.90 Å². The van der Waals surface area contributed by atoms with Gasteiger partial charge in [0.15, 0.2) is 5.78 Å². The molecule has 0 spiro atoms. The Hall–Kier alpha value is -1.59. The first kappa shape index (κ1) is 14.4. The number of carbonyl (C=O) groups excluding carboxylic acids is 1. The molecule has 3 rings (SSSR count). The molecular weight excluding hydrogens is 292 g/mol. The summed E-state index contributed by atoms with van der Waals surface area (Å²) < 4.78 is 27.3. The molecule has 0 unspecified atom stereocenters. The number of benzene rings is 1. The van der Waals surface area contributed by atoms with Crippen molar-refractivity contribution < 1.29 is 13.6 Å². The summed E-state index contributed by atoms with van der Waals surface area (Å²) >= 11 is 1.60. The largest absolute Gasteiger partial charge is 0.292 e. The SMILES string of the molecule is O=C(CN(Cc1ccsc1)C1CC1)c1c(F)cccc1F. The predicted molar refractivity (Wildman–Crippen MR) is 78.4 cm³/mol. The Morgan fingerprint density at radius 3 is 2.52 bits per heavy atom. The van der Waals surface area contributed by atoms with Crippen molar-refractivity contribution in [3.63, 3.8) is 0 Å². The first-order valence-corrected chi connectivity index (χ1v) is 7.82. The van der Waals surface area contributed by atoms with Gasteiger partial charge in [0, 0.05) is 12.6 Å². The van der Waals surface area contributed by atoms with Crippen LogP contribution in [0.5, 0.6) is 0 Å². The van der Waals surface area contributed by atoms with E-state index in [9.17, 15) is 13.6 Å². The van der Waals surface area contributed by atoms with Crippen LogP contribution in [0.15, 0.2) is 35.0 Å². The fourth-order valence-electron chi connectivity index (χ4n) is 2.40. The Bertz CT molecular complexity index is 617. The normalized spacial score (nSPS) is 14.6. The van der Waals surface area contributed by atoms with Crippen molar-refractivity contribution in [2.75, 3.05) is 6.54 Å². The predicted octanol–water partition coefficient (Wildman–Crippen LogP) is 3.87. The van der Waals surface area contributed by atoms with E-state index < -0.39 is 23.0 Å². The van der Waals surface area contributed by atoms with Crippen LogP contribution in [0, 0.1) is 11.6 Å². The third-order valence-electron chi connectivity index (χ3n) is 3.62. The lowest BCUT2D eigenvalue weighted by Gasteiger charge is -2.20. The molecule has 1 saturated carbocycles. The van der Waals surface area contributed by atoms with E-state index in [2.05, 4.69) is 0 Å². The van der Waals surface area contributed by atoms with Crippen LogP contribution in [0.2, 0.25) is 0 Å². The summed E-state index contributed by atoms with van der Waals surface area (Å²) in [6.07, 6.45) is 2.08. The molecule has 0 bridgehead atoms. The van der Waals surface area contributed by atoms with Gasteiger partial charge in [0.05, 0.1) is 12.1 Å². The fourth-order valence-corrected chi connectivity index (χ4v) is 3.06. The summed E-state index contributed by atoms with van der Waals surface area (Å²) in [6.45, 7) is 0.703. The number of carbonyl (C=O) groups is 1. The van der Waals surface area contributed by atoms with Crippen molar-refractivity contribution in [2.45, 2.75) is 25.4 Å². The van der Waals surface area contributed by atoms with Crippen LogP contribution in [0.25, 0.3) is 0 Å². The van der Waals surface area contributed by atoms with E-state index in [-0.39, 0.29) is 6.54 Å². The highest BCUT2D eigenvalue weighted by molar-refractivity contribution is 7.07. The standard InChI is InChI=1S/C16H15F2NOS/c17-13-2-1-3-14(18)16(13)15(20)9-19(12-4-5-12)8-11-6-7-21-10-11/h1-3,6-7,10,12H,4-5,8-9H2. The highest BCUT2D eigenvalue weighted by Gasteiger charge is 2.31. The van der Waals surface area contributed by atoms with Crippen molar-refractivity contribution in [3.05, 3.63) is 57.8 Å². The van der Waals surface area contributed by atoms with Crippen molar-refractivity contribution in [2.24, 2.45) is 0 Å². The second kappa shape index (κ2) is 6.03. The van der Waals surface area contributed by atoms with E-state index in [4.69, 9.17) is 0 Å². The van der Waals surface area contributed by atoms with E-state index in [1.165, 1.54) is 6.07 Å². The molecule has 1 heterocycles. The van der Waals surface area contributed by atoms with Gasteiger partial charge >= 0.3 is 0 Å². The summed E-state index contributed by atoms with van der Waals surface area (Å²) in [5.74, 6) is -2.06. The molecule has 0 N–H and O–H groups in total. The van der Waals surface area contributed by atoms with E-state index in [0.29, 0.717) is 12.6 Å². The second-order valence-electron chi connectivity index (χ2n) is 5.29. The Balaban J connectivity index is 1.75. The quantitative estimate of drug-likeness (QED) is 0.755. The summed E-state index contributed by atoms with van der Waals surface area (Å²) in [5, 5.41) is 4.02. The summed E-state index contributed by atoms with van der Waals surface area (Å²) in [7, 11) is 0. The van der Waals surface area contributed by atoms with Gasteiger partial charge in [-0.1, -0.05) is 6.07 Å². The Morgan fingerprint density at radius 1 is 1.24 bits per heavy atom. The number of Topliss-reactive ketones (excluding diaryl/α,β-unsaturated/α-hetero) is 1. The molecule has 0 radical (unpaired) electrons. The van der Waals surface area contributed by atoms with Gasteiger partial charge in [0.25, 0.3) is 0 Å². The van der Waals surface area contributed by atoms with Crippen LogP contribution in [0.3, 0.4) is 0 Å². The highest BCUT2D eigenvalue weighted by atomic mass is 32.1. The third kappa shape index (κ3) is 3.36. The number of halogens is 2. The van der Waals surface area contributed by atoms with Crippen LogP contribution in [0.1, 0.15) is 28.8 Å². The lowest BCUT2D eigenvalue weighted by molar-refractivity contribution is 0.0911. The van der Waals surface area contributed by atoms with Crippen LogP contribution in [-0.4, -0.2) is 23.3 Å². The average molecular weight is 307 g/mol. The molecular formula is C16H15F2NOS. The van der Waals surface area contributed by atoms with Gasteiger partial charge in [-0.15, -0.1) is 0 Å². The molecule has 0 atom stereocenters. The minimum atomic E-state index is -0.786. The summed E-state index contributed by atoms with van der Waals surface area (Å²) in [6, 6.07) is 5.87. The lowest BCUT2D eigenvalue weighted by Crippen LogP contribution is -2.32. The highest BCUT2D eigenvalue weighted by Crippen LogP contribution is 2.29. The molecule has 5 heteroatoms. The number of rotatable bonds is 6. The Labute approximate surface area is 126 Å². The molecule has 110 valence electrons. The van der Waals surface area contributed by atoms with Crippen LogP contribution in [-0.2, 0) is 6.54 Å². The molecule has 1 aliphatic rings. The van der Waals surface area contributed by atoms with E-state index in [1.54, 1.807) is 11.3 Å². The Morgan fingerprint density at radius 2 is 1.95 bits per heavy atom. The first-order valence-electron chi connectivity index (χ1n) is 6.87. The maximum Gasteiger partial charge on any atom is 0.182 e. The molecule has 0 amide bonds. The maximum absolute atomic E-state index is 13.7. The average Bonchev–Trinajstić information content (AvgIpc) is 3.16. The van der Waals surface area contributed by atoms with Gasteiger partial charge in [-0.3, -0.25) is 9.69 Å². The molecule has 0 aliphatic heterocycles. The zero-order valence-electron chi connectivity index (χ0n) is 11.4. The minimum absolute atomic E-state index is 0.0539. The molecule has 21 heavy (non-hydrogen) atoms. The van der Waals surface area contributed by atoms with Crippen molar-refractivity contribution in [3.8, 4) is 0 Å². The number of thiophene rings is 1. The third-order valence-corrected chi connectivity index (χ3v) is 4.35. The molecule has 2 aromatic rings. The number of ketones is 1. The second-order valence-corrected chi connectivity index (χ2v) is 6.07. The van der Waals surface area contributed by atoms with Crippen LogP contribution in [0.4, 0.5) is 8.78 Å². The molecule has 1 aromatic carbocycles. The topological polar surface area (TPSA) is 20.3 Å². The molecule has 2 nitrogen and oxygen atoms in total. The van der Waals surface area contributed by atoms with Gasteiger partial charge in [0.1, 0.15) is 11.6 Å². The van der Waals surface area contributed by atoms with Gasteiger partial charge in [-0.25, -0.2) is 8.78 Å². The molecule has 1 aliphatic carbocycles. The van der Waals surface area contributed by atoms with Gasteiger partial charge in [-0.05, 0) is 47.4 Å². The van der Waals surface area contributed by atoms with Gasteiger partial charge in [-0.2, -0.15) is 11.3 Å². The van der Waals surface area contributed by atoms with Crippen LogP contribution >= 0.6 is 11.3 Å². The molecule has 1 aromatic heterocycles. The smallest absolute Gasteiger partial charge is 0.182 e. The number of hydrogen-bond donors (Lipinski definition) is 0. The van der Waals surface area contributed by atoms with Crippen molar-refractivity contribution >= 4 is 17.1 Å². The van der Waals surface area contributed by atoms with Crippen LogP contribution < -0.4 is 0 Å².